The maximum Gasteiger partial charge on any atom is 0.266 e. The zero-order valence-corrected chi connectivity index (χ0v) is 16.9. The van der Waals surface area contributed by atoms with Crippen molar-refractivity contribution in [2.24, 2.45) is 0 Å². The van der Waals surface area contributed by atoms with Gasteiger partial charge in [-0.1, -0.05) is 17.7 Å². The van der Waals surface area contributed by atoms with Gasteiger partial charge in [-0.2, -0.15) is 0 Å². The van der Waals surface area contributed by atoms with Crippen molar-refractivity contribution in [3.63, 3.8) is 0 Å². The molecule has 8 nitrogen and oxygen atoms in total. The maximum absolute atomic E-state index is 13.8. The number of nitrogens with zero attached hydrogens (tertiary/aromatic N) is 5. The second-order valence-electron chi connectivity index (χ2n) is 6.94. The number of hydrogen-bond donors (Lipinski definition) is 2. The molecular weight excluding hydrogens is 421 g/mol. The Labute approximate surface area is 179 Å². The lowest BCUT2D eigenvalue weighted by Gasteiger charge is -2.20. The Morgan fingerprint density at radius 1 is 1.16 bits per heavy atom. The van der Waals surface area contributed by atoms with Gasteiger partial charge in [0, 0.05) is 5.02 Å². The smallest absolute Gasteiger partial charge is 0.266 e. The standard InChI is InChI=1S/C21H15ClFN7O/c1-11(28-19-17-18(25-9-24-17)26-10-27-19)20-29-16-6-5-13(23)8-15(16)21(31)30(20)14-4-2-3-12(22)7-14/h2-11H,1H3,(H2,24,25,26,27,28)/t11-/m0/s1. The fourth-order valence-electron chi connectivity index (χ4n) is 3.47. The molecule has 0 aliphatic heterocycles. The number of benzene rings is 2. The third-order valence-electron chi connectivity index (χ3n) is 4.88. The fourth-order valence-corrected chi connectivity index (χ4v) is 3.65. The molecule has 2 N–H and O–H groups in total. The summed E-state index contributed by atoms with van der Waals surface area (Å²) in [6.07, 6.45) is 2.94. The van der Waals surface area contributed by atoms with Gasteiger partial charge in [0.05, 0.1) is 29.0 Å². The average molecular weight is 436 g/mol. The van der Waals surface area contributed by atoms with E-state index in [1.54, 1.807) is 24.3 Å². The van der Waals surface area contributed by atoms with Crippen LogP contribution >= 0.6 is 11.6 Å². The number of halogens is 2. The number of aromatic amines is 1. The van der Waals surface area contributed by atoms with Crippen molar-refractivity contribution in [2.75, 3.05) is 5.32 Å². The van der Waals surface area contributed by atoms with Crippen molar-refractivity contribution in [1.29, 1.82) is 0 Å². The molecule has 0 aliphatic rings. The lowest BCUT2D eigenvalue weighted by Crippen LogP contribution is -2.27. The van der Waals surface area contributed by atoms with Crippen LogP contribution in [0.5, 0.6) is 0 Å². The molecule has 2 aromatic carbocycles. The number of aromatic nitrogens is 6. The van der Waals surface area contributed by atoms with E-state index in [9.17, 15) is 9.18 Å². The molecule has 0 unspecified atom stereocenters. The average Bonchev–Trinajstić information content (AvgIpc) is 3.24. The zero-order valence-electron chi connectivity index (χ0n) is 16.2. The summed E-state index contributed by atoms with van der Waals surface area (Å²) in [6, 6.07) is 10.3. The summed E-state index contributed by atoms with van der Waals surface area (Å²) < 4.78 is 15.3. The highest BCUT2D eigenvalue weighted by Crippen LogP contribution is 2.24. The highest BCUT2D eigenvalue weighted by Gasteiger charge is 2.20. The van der Waals surface area contributed by atoms with E-state index in [1.807, 2.05) is 6.92 Å². The van der Waals surface area contributed by atoms with Crippen molar-refractivity contribution in [3.8, 4) is 5.69 Å². The summed E-state index contributed by atoms with van der Waals surface area (Å²) in [5, 5.41) is 3.89. The van der Waals surface area contributed by atoms with Crippen LogP contribution in [-0.4, -0.2) is 29.5 Å². The number of hydrogen-bond acceptors (Lipinski definition) is 6. The van der Waals surface area contributed by atoms with E-state index in [2.05, 4.69) is 30.2 Å². The highest BCUT2D eigenvalue weighted by atomic mass is 35.5. The summed E-state index contributed by atoms with van der Waals surface area (Å²) in [7, 11) is 0. The third-order valence-corrected chi connectivity index (χ3v) is 5.12. The van der Waals surface area contributed by atoms with Crippen LogP contribution in [0.3, 0.4) is 0 Å². The van der Waals surface area contributed by atoms with Crippen molar-refractivity contribution >= 4 is 39.5 Å². The summed E-state index contributed by atoms with van der Waals surface area (Å²) >= 11 is 6.17. The second-order valence-corrected chi connectivity index (χ2v) is 7.38. The number of H-pyrrole nitrogens is 1. The Hall–Kier alpha value is -3.85. The van der Waals surface area contributed by atoms with E-state index in [4.69, 9.17) is 11.6 Å². The van der Waals surface area contributed by atoms with Crippen LogP contribution < -0.4 is 10.9 Å². The molecule has 0 fully saturated rings. The summed E-state index contributed by atoms with van der Waals surface area (Å²) in [5.41, 5.74) is 1.66. The van der Waals surface area contributed by atoms with Gasteiger partial charge in [0.1, 0.15) is 23.5 Å². The molecule has 0 bridgehead atoms. The second kappa shape index (κ2) is 7.44. The van der Waals surface area contributed by atoms with E-state index in [0.29, 0.717) is 39.0 Å². The zero-order chi connectivity index (χ0) is 21.5. The van der Waals surface area contributed by atoms with Gasteiger partial charge in [-0.05, 0) is 43.3 Å². The largest absolute Gasteiger partial charge is 0.358 e. The molecule has 154 valence electrons. The molecule has 0 amide bonds. The molecule has 31 heavy (non-hydrogen) atoms. The topological polar surface area (TPSA) is 101 Å². The quantitative estimate of drug-likeness (QED) is 0.442. The first kappa shape index (κ1) is 19.1. The Morgan fingerprint density at radius 3 is 2.87 bits per heavy atom. The van der Waals surface area contributed by atoms with Crippen LogP contribution in [0, 0.1) is 5.82 Å². The normalized spacial score (nSPS) is 12.4. The highest BCUT2D eigenvalue weighted by molar-refractivity contribution is 6.30. The third kappa shape index (κ3) is 3.38. The van der Waals surface area contributed by atoms with Crippen molar-refractivity contribution in [1.82, 2.24) is 29.5 Å². The Bertz CT molecular complexity index is 1500. The van der Waals surface area contributed by atoms with Crippen molar-refractivity contribution in [2.45, 2.75) is 13.0 Å². The van der Waals surface area contributed by atoms with E-state index < -0.39 is 17.4 Å². The molecule has 3 heterocycles. The van der Waals surface area contributed by atoms with E-state index in [0.717, 1.165) is 0 Å². The number of fused-ring (bicyclic) bond motifs is 2. The molecular formula is C21H15ClFN7O. The predicted molar refractivity (Wildman–Crippen MR) is 116 cm³/mol. The minimum atomic E-state index is -0.509. The summed E-state index contributed by atoms with van der Waals surface area (Å²) in [4.78, 5) is 33.6. The van der Waals surface area contributed by atoms with Crippen LogP contribution in [0.4, 0.5) is 10.2 Å². The van der Waals surface area contributed by atoms with Gasteiger partial charge in [-0.25, -0.2) is 24.3 Å². The molecule has 0 aliphatic carbocycles. The fraction of sp³-hybridized carbons (Fsp3) is 0.0952. The Kier molecular flexibility index (Phi) is 4.59. The van der Waals surface area contributed by atoms with Crippen LogP contribution in [0.15, 0.2) is 59.9 Å². The van der Waals surface area contributed by atoms with Crippen LogP contribution in [0.25, 0.3) is 27.8 Å². The SMILES string of the molecule is C[C@H](Nc1ncnc2[nH]cnc12)c1nc2ccc(F)cc2c(=O)n1-c1cccc(Cl)c1. The van der Waals surface area contributed by atoms with Gasteiger partial charge in [0.2, 0.25) is 0 Å². The molecule has 1 atom stereocenters. The molecule has 0 radical (unpaired) electrons. The predicted octanol–water partition coefficient (Wildman–Crippen LogP) is 4.02. The molecule has 0 saturated heterocycles. The van der Waals surface area contributed by atoms with Crippen molar-refractivity contribution in [3.05, 3.63) is 82.1 Å². The first-order chi connectivity index (χ1) is 15.0. The van der Waals surface area contributed by atoms with Crippen LogP contribution in [0.2, 0.25) is 5.02 Å². The molecule has 0 saturated carbocycles. The number of anilines is 1. The first-order valence-electron chi connectivity index (χ1n) is 9.40. The van der Waals surface area contributed by atoms with Gasteiger partial charge >= 0.3 is 0 Å². The number of nitrogens with one attached hydrogen (secondary N) is 2. The lowest BCUT2D eigenvalue weighted by molar-refractivity contribution is 0.629. The molecule has 0 spiro atoms. The molecule has 3 aromatic heterocycles. The van der Waals surface area contributed by atoms with Gasteiger partial charge in [0.25, 0.3) is 5.56 Å². The maximum atomic E-state index is 13.8. The van der Waals surface area contributed by atoms with Gasteiger partial charge in [-0.15, -0.1) is 0 Å². The van der Waals surface area contributed by atoms with E-state index in [1.165, 1.54) is 35.4 Å². The molecule has 5 aromatic rings. The minimum Gasteiger partial charge on any atom is -0.358 e. The van der Waals surface area contributed by atoms with Gasteiger partial charge in [-0.3, -0.25) is 9.36 Å². The molecule has 5 rings (SSSR count). The summed E-state index contributed by atoms with van der Waals surface area (Å²) in [6.45, 7) is 1.85. The number of rotatable bonds is 4. The van der Waals surface area contributed by atoms with Crippen LogP contribution in [0.1, 0.15) is 18.8 Å². The molecule has 10 heteroatoms. The summed E-state index contributed by atoms with van der Waals surface area (Å²) in [5.74, 6) is 0.392. The Morgan fingerprint density at radius 2 is 2.03 bits per heavy atom. The van der Waals surface area contributed by atoms with Crippen molar-refractivity contribution < 1.29 is 4.39 Å². The number of imidazole rings is 1. The van der Waals surface area contributed by atoms with Gasteiger partial charge < -0.3 is 10.3 Å². The van der Waals surface area contributed by atoms with Gasteiger partial charge in [0.15, 0.2) is 11.5 Å². The van der Waals surface area contributed by atoms with E-state index >= 15 is 0 Å². The van der Waals surface area contributed by atoms with E-state index in [-0.39, 0.29) is 5.39 Å². The first-order valence-corrected chi connectivity index (χ1v) is 9.78. The lowest BCUT2D eigenvalue weighted by atomic mass is 10.2. The van der Waals surface area contributed by atoms with Crippen LogP contribution in [-0.2, 0) is 0 Å². The monoisotopic (exact) mass is 435 g/mol. The Balaban J connectivity index is 1.71. The minimum absolute atomic E-state index is 0.174.